The van der Waals surface area contributed by atoms with Gasteiger partial charge in [0.1, 0.15) is 6.61 Å². The lowest BCUT2D eigenvalue weighted by Gasteiger charge is -2.15. The Morgan fingerprint density at radius 1 is 0.460 bits per heavy atom. The van der Waals surface area contributed by atoms with Gasteiger partial charge in [-0.3, -0.25) is 9.59 Å². The molecule has 0 radical (unpaired) electrons. The quantitative estimate of drug-likeness (QED) is 0.0421. The molecule has 5 nitrogen and oxygen atoms in total. The molecule has 0 fully saturated rings. The Balaban J connectivity index is 3.73. The first-order chi connectivity index (χ1) is 24.6. The number of rotatable bonds is 33. The van der Waals surface area contributed by atoms with Crippen molar-refractivity contribution in [3.63, 3.8) is 0 Å². The van der Waals surface area contributed by atoms with E-state index in [4.69, 9.17) is 9.47 Å². The van der Waals surface area contributed by atoms with Crippen LogP contribution in [0.4, 0.5) is 0 Å². The van der Waals surface area contributed by atoms with Gasteiger partial charge in [0.15, 0.2) is 6.10 Å². The highest BCUT2D eigenvalue weighted by molar-refractivity contribution is 5.70. The van der Waals surface area contributed by atoms with E-state index in [-0.39, 0.29) is 25.2 Å². The molecule has 0 aliphatic carbocycles. The van der Waals surface area contributed by atoms with Gasteiger partial charge in [-0.05, 0) is 96.3 Å². The Morgan fingerprint density at radius 2 is 0.800 bits per heavy atom. The molecule has 280 valence electrons. The molecule has 0 bridgehead atoms. The van der Waals surface area contributed by atoms with E-state index in [9.17, 15) is 14.7 Å². The maximum absolute atomic E-state index is 12.2. The van der Waals surface area contributed by atoms with Crippen LogP contribution in [-0.2, 0) is 19.1 Å². The fourth-order valence-electron chi connectivity index (χ4n) is 4.69. The van der Waals surface area contributed by atoms with Crippen molar-refractivity contribution in [1.82, 2.24) is 0 Å². The maximum atomic E-state index is 12.2. The van der Waals surface area contributed by atoms with Crippen LogP contribution in [-0.4, -0.2) is 36.4 Å². The van der Waals surface area contributed by atoms with Crippen LogP contribution in [0.5, 0.6) is 0 Å². The Labute approximate surface area is 306 Å². The molecule has 1 N–H and O–H groups in total. The van der Waals surface area contributed by atoms with Crippen molar-refractivity contribution < 1.29 is 24.2 Å². The first-order valence-corrected chi connectivity index (χ1v) is 19.4. The van der Waals surface area contributed by atoms with Crippen molar-refractivity contribution in [2.24, 2.45) is 0 Å². The van der Waals surface area contributed by atoms with E-state index < -0.39 is 6.10 Å². The van der Waals surface area contributed by atoms with Crippen LogP contribution in [0.3, 0.4) is 0 Å². The number of hydrogen-bond acceptors (Lipinski definition) is 5. The lowest BCUT2D eigenvalue weighted by atomic mass is 10.1. The summed E-state index contributed by atoms with van der Waals surface area (Å²) in [7, 11) is 0. The number of unbranched alkanes of at least 4 members (excludes halogenated alkanes) is 7. The molecule has 50 heavy (non-hydrogen) atoms. The third kappa shape index (κ3) is 37.4. The monoisotopic (exact) mass is 691 g/mol. The lowest BCUT2D eigenvalue weighted by molar-refractivity contribution is -0.161. The first-order valence-electron chi connectivity index (χ1n) is 19.4. The molecule has 0 amide bonds. The fraction of sp³-hybridized carbons (Fsp3) is 0.556. The SMILES string of the molecule is CCC=CCC=CCC=CCC=CCC=CCCCCCC(=O)O[C@@H](CO)COC(=O)CCCCCCC=CCC=CCC=CCC=CCC. The summed E-state index contributed by atoms with van der Waals surface area (Å²) < 4.78 is 10.6. The van der Waals surface area contributed by atoms with Crippen LogP contribution < -0.4 is 0 Å². The number of carbonyl (C=O) groups excluding carboxylic acids is 2. The third-order valence-electron chi connectivity index (χ3n) is 7.56. The van der Waals surface area contributed by atoms with Gasteiger partial charge in [-0.2, -0.15) is 0 Å². The highest BCUT2D eigenvalue weighted by Crippen LogP contribution is 2.09. The summed E-state index contributed by atoms with van der Waals surface area (Å²) in [6.45, 7) is 3.83. The van der Waals surface area contributed by atoms with Crippen LogP contribution >= 0.6 is 0 Å². The number of ether oxygens (including phenoxy) is 2. The fourth-order valence-corrected chi connectivity index (χ4v) is 4.69. The topological polar surface area (TPSA) is 72.8 Å². The average molecular weight is 691 g/mol. The van der Waals surface area contributed by atoms with Crippen molar-refractivity contribution >= 4 is 11.9 Å². The van der Waals surface area contributed by atoms with Gasteiger partial charge in [0.25, 0.3) is 0 Å². The van der Waals surface area contributed by atoms with E-state index in [1.165, 1.54) is 0 Å². The van der Waals surface area contributed by atoms with E-state index in [2.05, 4.69) is 123 Å². The van der Waals surface area contributed by atoms with Gasteiger partial charge in [-0.15, -0.1) is 0 Å². The summed E-state index contributed by atoms with van der Waals surface area (Å²) in [5.41, 5.74) is 0. The van der Waals surface area contributed by atoms with E-state index in [0.29, 0.717) is 12.8 Å². The van der Waals surface area contributed by atoms with Gasteiger partial charge in [0.05, 0.1) is 6.61 Å². The normalized spacial score (nSPS) is 13.4. The van der Waals surface area contributed by atoms with Crippen molar-refractivity contribution in [3.8, 4) is 0 Å². The Morgan fingerprint density at radius 3 is 1.20 bits per heavy atom. The second kappa shape index (κ2) is 40.0. The van der Waals surface area contributed by atoms with E-state index in [1.54, 1.807) is 0 Å². The van der Waals surface area contributed by atoms with Crippen molar-refractivity contribution in [1.29, 1.82) is 0 Å². The highest BCUT2D eigenvalue weighted by Gasteiger charge is 2.16. The molecular formula is C45H70O5. The minimum Gasteiger partial charge on any atom is -0.462 e. The molecule has 0 spiro atoms. The van der Waals surface area contributed by atoms with Crippen LogP contribution in [0.2, 0.25) is 0 Å². The van der Waals surface area contributed by atoms with E-state index in [0.717, 1.165) is 116 Å². The molecule has 5 heteroatoms. The van der Waals surface area contributed by atoms with Crippen LogP contribution in [0.1, 0.15) is 142 Å². The molecule has 0 unspecified atom stereocenters. The summed E-state index contributed by atoms with van der Waals surface area (Å²) >= 11 is 0. The molecule has 0 aromatic carbocycles. The zero-order chi connectivity index (χ0) is 36.4. The zero-order valence-corrected chi connectivity index (χ0v) is 31.6. The molecular weight excluding hydrogens is 620 g/mol. The Kier molecular flexibility index (Phi) is 37.2. The second-order valence-corrected chi connectivity index (χ2v) is 12.2. The van der Waals surface area contributed by atoms with Gasteiger partial charge in [-0.1, -0.05) is 142 Å². The number of hydrogen-bond donors (Lipinski definition) is 1. The predicted molar refractivity (Wildman–Crippen MR) is 214 cm³/mol. The molecule has 0 aromatic heterocycles. The van der Waals surface area contributed by atoms with Crippen molar-refractivity contribution in [2.45, 2.75) is 148 Å². The van der Waals surface area contributed by atoms with Gasteiger partial charge >= 0.3 is 11.9 Å². The number of carbonyl (C=O) groups is 2. The van der Waals surface area contributed by atoms with Gasteiger partial charge in [0.2, 0.25) is 0 Å². The Bertz CT molecular complexity index is 1050. The van der Waals surface area contributed by atoms with E-state index in [1.807, 2.05) is 0 Å². The van der Waals surface area contributed by atoms with Gasteiger partial charge in [-0.25, -0.2) is 0 Å². The standard InChI is InChI=1S/C45H70O5/c1-3-5-7-9-11-13-15-17-19-21-22-24-26-28-30-32-34-36-38-40-45(48)50-43(41-46)42-49-44(47)39-37-35-33-31-29-27-25-23-20-18-16-14-12-10-8-6-4-2/h5-8,11-14,17-20,22,24-25,27-28,30,43,46H,3-4,9-10,15-16,21,23,26,29,31-42H2,1-2H3/t43-/m0/s1. The molecule has 0 rings (SSSR count). The largest absolute Gasteiger partial charge is 0.462 e. The molecule has 0 saturated heterocycles. The summed E-state index contributed by atoms with van der Waals surface area (Å²) in [5.74, 6) is -0.670. The number of esters is 2. The number of aliphatic hydroxyl groups is 1. The summed E-state index contributed by atoms with van der Waals surface area (Å²) in [5, 5.41) is 9.55. The second-order valence-electron chi connectivity index (χ2n) is 12.2. The van der Waals surface area contributed by atoms with Gasteiger partial charge in [0, 0.05) is 12.8 Å². The molecule has 0 aliphatic heterocycles. The Hall–Kier alpha value is -3.44. The molecule has 0 saturated carbocycles. The third-order valence-corrected chi connectivity index (χ3v) is 7.56. The van der Waals surface area contributed by atoms with Crippen LogP contribution in [0, 0.1) is 0 Å². The minimum atomic E-state index is -0.807. The number of allylic oxidation sites excluding steroid dienone is 18. The van der Waals surface area contributed by atoms with Crippen LogP contribution in [0.25, 0.3) is 0 Å². The van der Waals surface area contributed by atoms with Crippen molar-refractivity contribution in [2.75, 3.05) is 13.2 Å². The van der Waals surface area contributed by atoms with Gasteiger partial charge < -0.3 is 14.6 Å². The number of aliphatic hydroxyl groups excluding tert-OH is 1. The lowest BCUT2D eigenvalue weighted by Crippen LogP contribution is -2.28. The summed E-state index contributed by atoms with van der Waals surface area (Å²) in [4.78, 5) is 24.3. The average Bonchev–Trinajstić information content (AvgIpc) is 3.12. The molecule has 1 atom stereocenters. The summed E-state index contributed by atoms with van der Waals surface area (Å²) in [6, 6.07) is 0. The minimum absolute atomic E-state index is 0.100. The maximum Gasteiger partial charge on any atom is 0.306 e. The smallest absolute Gasteiger partial charge is 0.306 e. The first kappa shape index (κ1) is 46.6. The summed E-state index contributed by atoms with van der Waals surface area (Å²) in [6.07, 6.45) is 57.1. The van der Waals surface area contributed by atoms with Crippen LogP contribution in [0.15, 0.2) is 109 Å². The molecule has 0 aliphatic rings. The van der Waals surface area contributed by atoms with E-state index >= 15 is 0 Å². The molecule has 0 aromatic rings. The predicted octanol–water partition coefficient (Wildman–Crippen LogP) is 12.3. The van der Waals surface area contributed by atoms with Crippen molar-refractivity contribution in [3.05, 3.63) is 109 Å². The molecule has 0 heterocycles. The zero-order valence-electron chi connectivity index (χ0n) is 31.6. The highest BCUT2D eigenvalue weighted by atomic mass is 16.6.